The van der Waals surface area contributed by atoms with Crippen LogP contribution in [0.4, 0.5) is 8.78 Å². The Hall–Kier alpha value is -2.75. The second-order valence-corrected chi connectivity index (χ2v) is 6.27. The molecule has 1 saturated heterocycles. The number of rotatable bonds is 7. The molecule has 0 aliphatic carbocycles. The third-order valence-corrected chi connectivity index (χ3v) is 4.16. The van der Waals surface area contributed by atoms with Gasteiger partial charge in [0.25, 0.3) is 5.91 Å². The minimum atomic E-state index is -0.847. The largest absolute Gasteiger partial charge is 0.493 e. The topological polar surface area (TPSA) is 89.4 Å². The van der Waals surface area contributed by atoms with E-state index in [0.717, 1.165) is 49.0 Å². The molecule has 2 rings (SSSR count). The minimum absolute atomic E-state index is 0.0618. The van der Waals surface area contributed by atoms with Crippen molar-refractivity contribution in [2.24, 2.45) is 10.2 Å². The van der Waals surface area contributed by atoms with Gasteiger partial charge in [-0.2, -0.15) is 5.10 Å². The Bertz CT molecular complexity index is 801. The van der Waals surface area contributed by atoms with Gasteiger partial charge in [-0.3, -0.25) is 10.1 Å². The molecule has 1 fully saturated rings. The normalized spacial score (nSPS) is 17.0. The smallest absolute Gasteiger partial charge is 0.331 e. The molecule has 1 heterocycles. The van der Waals surface area contributed by atoms with Gasteiger partial charge in [-0.05, 0) is 18.2 Å². The number of benzene rings is 1. The Morgan fingerprint density at radius 3 is 2.67 bits per heavy atom. The van der Waals surface area contributed by atoms with Crippen LogP contribution in [0.25, 0.3) is 0 Å². The monoisotopic (exact) mass is 397 g/mol. The third kappa shape index (κ3) is 5.88. The number of nitrogens with zero attached hydrogens (tertiary/aromatic N) is 2. The van der Waals surface area contributed by atoms with Crippen molar-refractivity contribution in [2.75, 3.05) is 13.7 Å². The van der Waals surface area contributed by atoms with Gasteiger partial charge in [-0.25, -0.2) is 13.6 Å². The molecule has 0 bridgehead atoms. The van der Waals surface area contributed by atoms with Gasteiger partial charge >= 0.3 is 5.97 Å². The molecule has 7 nitrogen and oxygen atoms in total. The summed E-state index contributed by atoms with van der Waals surface area (Å²) >= 11 is 0.848. The molecular weight excluding hydrogens is 380 g/mol. The zero-order valence-corrected chi connectivity index (χ0v) is 15.4. The first-order chi connectivity index (χ1) is 12.9. The van der Waals surface area contributed by atoms with E-state index in [9.17, 15) is 18.4 Å². The van der Waals surface area contributed by atoms with Crippen LogP contribution in [0.1, 0.15) is 25.3 Å². The lowest BCUT2D eigenvalue weighted by Gasteiger charge is -2.07. The van der Waals surface area contributed by atoms with Crippen LogP contribution in [0.5, 0.6) is 5.75 Å². The van der Waals surface area contributed by atoms with Crippen molar-refractivity contribution in [3.05, 3.63) is 40.3 Å². The van der Waals surface area contributed by atoms with Gasteiger partial charge in [0.15, 0.2) is 5.17 Å². The van der Waals surface area contributed by atoms with E-state index in [4.69, 9.17) is 4.74 Å². The number of amidine groups is 1. The highest BCUT2D eigenvalue weighted by molar-refractivity contribution is 8.18. The molecule has 0 unspecified atom stereocenters. The standard InChI is InChI=1S/C17H17F2N3O4S/c1-3-4-5-26-10-6-12(18)11(13(19)7-10)9-20-22-17-21-16(24)14(27-17)8-15(23)25-2/h6-9H,3-5H2,1-2H3,(H,21,22,24)/b14-8+,20-9?. The maximum Gasteiger partial charge on any atom is 0.331 e. The number of carbonyl (C=O) groups is 2. The molecule has 0 atom stereocenters. The van der Waals surface area contributed by atoms with Crippen molar-refractivity contribution in [1.82, 2.24) is 5.32 Å². The molecule has 0 radical (unpaired) electrons. The summed E-state index contributed by atoms with van der Waals surface area (Å²) in [7, 11) is 1.18. The zero-order chi connectivity index (χ0) is 19.8. The van der Waals surface area contributed by atoms with Gasteiger partial charge in [0.05, 0.1) is 30.4 Å². The Morgan fingerprint density at radius 2 is 2.04 bits per heavy atom. The van der Waals surface area contributed by atoms with Crippen molar-refractivity contribution >= 4 is 35.0 Å². The number of esters is 1. The van der Waals surface area contributed by atoms with E-state index in [1.807, 2.05) is 6.92 Å². The summed E-state index contributed by atoms with van der Waals surface area (Å²) in [4.78, 5) is 22.9. The number of unbranched alkanes of at least 4 members (excludes halogenated alkanes) is 1. The average Bonchev–Trinajstić information content (AvgIpc) is 2.97. The molecule has 1 aromatic rings. The highest BCUT2D eigenvalue weighted by atomic mass is 32.2. The minimum Gasteiger partial charge on any atom is -0.493 e. The first-order valence-electron chi connectivity index (χ1n) is 7.96. The van der Waals surface area contributed by atoms with Crippen molar-refractivity contribution in [3.8, 4) is 5.75 Å². The lowest BCUT2D eigenvalue weighted by molar-refractivity contribution is -0.135. The summed E-state index contributed by atoms with van der Waals surface area (Å²) < 4.78 is 37.8. The second kappa shape index (κ2) is 9.81. The van der Waals surface area contributed by atoms with E-state index < -0.39 is 23.5 Å². The lowest BCUT2D eigenvalue weighted by atomic mass is 10.2. The van der Waals surface area contributed by atoms with Crippen LogP contribution in [0, 0.1) is 11.6 Å². The Balaban J connectivity index is 2.08. The molecule has 1 aliphatic rings. The van der Waals surface area contributed by atoms with Crippen molar-refractivity contribution in [2.45, 2.75) is 19.8 Å². The van der Waals surface area contributed by atoms with E-state index in [2.05, 4.69) is 20.3 Å². The van der Waals surface area contributed by atoms with Crippen LogP contribution >= 0.6 is 11.8 Å². The molecule has 1 N–H and O–H groups in total. The maximum atomic E-state index is 14.0. The number of hydrogen-bond donors (Lipinski definition) is 1. The number of amides is 1. The number of thioether (sulfide) groups is 1. The predicted molar refractivity (Wildman–Crippen MR) is 97.6 cm³/mol. The van der Waals surface area contributed by atoms with Crippen LogP contribution in [0.3, 0.4) is 0 Å². The fourth-order valence-electron chi connectivity index (χ4n) is 1.88. The summed E-state index contributed by atoms with van der Waals surface area (Å²) in [5.41, 5.74) is -0.387. The SMILES string of the molecule is CCCCOc1cc(F)c(C=N/N=C2/NC(=O)/C(=C\C(=O)OC)S2)c(F)c1. The molecule has 1 amide bonds. The van der Waals surface area contributed by atoms with Gasteiger partial charge in [0.1, 0.15) is 17.4 Å². The van der Waals surface area contributed by atoms with Crippen molar-refractivity contribution in [1.29, 1.82) is 0 Å². The molecule has 27 heavy (non-hydrogen) atoms. The van der Waals surface area contributed by atoms with Crippen LogP contribution in [0.2, 0.25) is 0 Å². The third-order valence-electron chi connectivity index (χ3n) is 3.26. The highest BCUT2D eigenvalue weighted by Gasteiger charge is 2.25. The van der Waals surface area contributed by atoms with Crippen molar-refractivity contribution in [3.63, 3.8) is 0 Å². The van der Waals surface area contributed by atoms with E-state index in [1.165, 1.54) is 7.11 Å². The average molecular weight is 397 g/mol. The Kier molecular flexibility index (Phi) is 7.47. The molecule has 0 aromatic heterocycles. The van der Waals surface area contributed by atoms with Gasteiger partial charge in [-0.1, -0.05) is 13.3 Å². The summed E-state index contributed by atoms with van der Waals surface area (Å²) in [5, 5.41) is 9.68. The highest BCUT2D eigenvalue weighted by Crippen LogP contribution is 2.24. The molecule has 0 saturated carbocycles. The fourth-order valence-corrected chi connectivity index (χ4v) is 2.62. The molecule has 1 aromatic carbocycles. The van der Waals surface area contributed by atoms with Gasteiger partial charge in [0, 0.05) is 18.2 Å². The van der Waals surface area contributed by atoms with E-state index in [-0.39, 0.29) is 21.4 Å². The van der Waals surface area contributed by atoms with Crippen LogP contribution < -0.4 is 10.1 Å². The summed E-state index contributed by atoms with van der Waals surface area (Å²) in [6.07, 6.45) is 3.58. The number of methoxy groups -OCH3 is 1. The van der Waals surface area contributed by atoms with Crippen LogP contribution in [-0.2, 0) is 14.3 Å². The Morgan fingerprint density at radius 1 is 1.33 bits per heavy atom. The summed E-state index contributed by atoms with van der Waals surface area (Å²) in [5.74, 6) is -2.84. The van der Waals surface area contributed by atoms with E-state index in [1.54, 1.807) is 0 Å². The van der Waals surface area contributed by atoms with Gasteiger partial charge < -0.3 is 9.47 Å². The fraction of sp³-hybridized carbons (Fsp3) is 0.294. The van der Waals surface area contributed by atoms with Crippen LogP contribution in [-0.4, -0.2) is 37.0 Å². The summed E-state index contributed by atoms with van der Waals surface area (Å²) in [6, 6.07) is 2.13. The molecule has 1 aliphatic heterocycles. The zero-order valence-electron chi connectivity index (χ0n) is 14.6. The molecule has 144 valence electrons. The quantitative estimate of drug-likeness (QED) is 0.251. The maximum absolute atomic E-state index is 14.0. The van der Waals surface area contributed by atoms with Gasteiger partial charge in [0.2, 0.25) is 0 Å². The lowest BCUT2D eigenvalue weighted by Crippen LogP contribution is -2.19. The number of ether oxygens (including phenoxy) is 2. The predicted octanol–water partition coefficient (Wildman–Crippen LogP) is 2.75. The van der Waals surface area contributed by atoms with Crippen molar-refractivity contribution < 1.29 is 27.8 Å². The second-order valence-electron chi connectivity index (χ2n) is 5.24. The first kappa shape index (κ1) is 20.6. The number of carbonyl (C=O) groups excluding carboxylic acids is 2. The number of hydrogen-bond acceptors (Lipinski definition) is 7. The van der Waals surface area contributed by atoms with Gasteiger partial charge in [-0.15, -0.1) is 5.10 Å². The van der Waals surface area contributed by atoms with E-state index >= 15 is 0 Å². The number of nitrogens with one attached hydrogen (secondary N) is 1. The summed E-state index contributed by atoms with van der Waals surface area (Å²) in [6.45, 7) is 2.35. The molecular formula is C17H17F2N3O4S. The first-order valence-corrected chi connectivity index (χ1v) is 8.78. The van der Waals surface area contributed by atoms with E-state index in [0.29, 0.717) is 6.61 Å². The molecule has 10 heteroatoms. The number of halogens is 2. The Labute approximate surface area is 158 Å². The van der Waals surface area contributed by atoms with Crippen LogP contribution in [0.15, 0.2) is 33.3 Å². The molecule has 0 spiro atoms.